The van der Waals surface area contributed by atoms with Crippen LogP contribution in [0.2, 0.25) is 6.04 Å². The summed E-state index contributed by atoms with van der Waals surface area (Å²) in [5, 5.41) is 39.9. The third-order valence-electron chi connectivity index (χ3n) is 4.67. The minimum absolute atomic E-state index is 0.0980. The summed E-state index contributed by atoms with van der Waals surface area (Å²) in [5.41, 5.74) is 0. The van der Waals surface area contributed by atoms with Crippen molar-refractivity contribution in [2.24, 2.45) is 0 Å². The highest BCUT2D eigenvalue weighted by atomic mass is 28.4. The van der Waals surface area contributed by atoms with Crippen LogP contribution in [0, 0.1) is 0 Å². The van der Waals surface area contributed by atoms with Crippen molar-refractivity contribution in [3.8, 4) is 0 Å². The van der Waals surface area contributed by atoms with Crippen molar-refractivity contribution in [2.75, 3.05) is 54.1 Å². The molecular weight excluding hydrogens is 448 g/mol. The monoisotopic (exact) mass is 484 g/mol. The van der Waals surface area contributed by atoms with E-state index < -0.39 is 52.1 Å². The second kappa shape index (κ2) is 16.9. The summed E-state index contributed by atoms with van der Waals surface area (Å²) in [6, 6.07) is -0.666. The van der Waals surface area contributed by atoms with Gasteiger partial charge >= 0.3 is 26.7 Å². The van der Waals surface area contributed by atoms with Crippen LogP contribution in [0.4, 0.5) is 0 Å². The van der Waals surface area contributed by atoms with Crippen molar-refractivity contribution >= 4 is 26.7 Å². The lowest BCUT2D eigenvalue weighted by Crippen LogP contribution is -2.46. The fraction of sp³-hybridized carbons (Fsp3) is 0.833. The van der Waals surface area contributed by atoms with Crippen molar-refractivity contribution in [3.63, 3.8) is 0 Å². The molecule has 0 heterocycles. The van der Waals surface area contributed by atoms with E-state index in [9.17, 15) is 24.6 Å². The second-order valence-corrected chi connectivity index (χ2v) is 10.1. The zero-order valence-corrected chi connectivity index (χ0v) is 19.8. The van der Waals surface area contributed by atoms with Crippen LogP contribution in [0.3, 0.4) is 0 Å². The average Bonchev–Trinajstić information content (AvgIpc) is 2.72. The Morgan fingerprint density at radius 3 is 1.97 bits per heavy atom. The Balaban J connectivity index is 4.15. The Hall–Kier alpha value is -1.65. The molecule has 0 saturated heterocycles. The first-order chi connectivity index (χ1) is 15.1. The fourth-order valence-corrected chi connectivity index (χ4v) is 4.71. The molecule has 14 heteroatoms. The molecule has 0 aliphatic rings. The predicted octanol–water partition coefficient (Wildman–Crippen LogP) is -0.726. The van der Waals surface area contributed by atoms with Crippen molar-refractivity contribution in [1.29, 1.82) is 0 Å². The maximum atomic E-state index is 11.4. The molecule has 5 N–H and O–H groups in total. The number of aliphatic carboxylic acids is 3. The van der Waals surface area contributed by atoms with Crippen molar-refractivity contribution in [2.45, 2.75) is 44.1 Å². The minimum atomic E-state index is -2.66. The quantitative estimate of drug-likeness (QED) is 0.0781. The lowest BCUT2D eigenvalue weighted by molar-refractivity contribution is -0.149. The molecule has 32 heavy (non-hydrogen) atoms. The molecule has 0 aromatic heterocycles. The average molecular weight is 485 g/mol. The van der Waals surface area contributed by atoms with Gasteiger partial charge in [-0.3, -0.25) is 19.3 Å². The Kier molecular flexibility index (Phi) is 16.0. The Morgan fingerprint density at radius 2 is 1.50 bits per heavy atom. The van der Waals surface area contributed by atoms with E-state index >= 15 is 0 Å². The molecule has 0 saturated carbocycles. The SMILES string of the molecule is CO[Si](CCCOC(O)CNCCCCC(C(=O)O)N(CC(=O)O)CC(=O)O)(OC)OC. The maximum absolute atomic E-state index is 11.4. The number of hydrogen-bond acceptors (Lipinski definition) is 10. The topological polar surface area (TPSA) is 184 Å². The van der Waals surface area contributed by atoms with Gasteiger partial charge in [0.15, 0.2) is 6.29 Å². The normalized spacial score (nSPS) is 13.8. The van der Waals surface area contributed by atoms with Crippen LogP contribution in [-0.2, 0) is 32.4 Å². The Bertz CT molecular complexity index is 539. The van der Waals surface area contributed by atoms with E-state index in [1.54, 1.807) is 0 Å². The van der Waals surface area contributed by atoms with Gasteiger partial charge in [0, 0.05) is 40.5 Å². The smallest absolute Gasteiger partial charge is 0.480 e. The van der Waals surface area contributed by atoms with Gasteiger partial charge in [-0.05, 0) is 25.8 Å². The molecule has 188 valence electrons. The lowest BCUT2D eigenvalue weighted by Gasteiger charge is -2.25. The van der Waals surface area contributed by atoms with Crippen LogP contribution in [0.15, 0.2) is 0 Å². The maximum Gasteiger partial charge on any atom is 0.500 e. The molecular formula is C18H36N2O11Si. The third-order valence-corrected chi connectivity index (χ3v) is 7.51. The fourth-order valence-electron chi connectivity index (χ4n) is 3.02. The summed E-state index contributed by atoms with van der Waals surface area (Å²) in [6.45, 7) is -0.413. The number of nitrogens with one attached hydrogen (secondary N) is 1. The van der Waals surface area contributed by atoms with E-state index in [4.69, 9.17) is 28.2 Å². The number of carbonyl (C=O) groups is 3. The number of aliphatic hydroxyl groups is 1. The highest BCUT2D eigenvalue weighted by Gasteiger charge is 2.37. The van der Waals surface area contributed by atoms with Gasteiger partial charge in [-0.15, -0.1) is 0 Å². The summed E-state index contributed by atoms with van der Waals surface area (Å²) < 4.78 is 21.2. The Morgan fingerprint density at radius 1 is 0.938 bits per heavy atom. The number of hydrogen-bond donors (Lipinski definition) is 5. The van der Waals surface area contributed by atoms with Crippen molar-refractivity contribution < 1.29 is 52.8 Å². The number of carboxylic acid groups (broad SMARTS) is 3. The molecule has 0 aliphatic heterocycles. The van der Waals surface area contributed by atoms with Crippen molar-refractivity contribution in [1.82, 2.24) is 10.2 Å². The summed E-state index contributed by atoms with van der Waals surface area (Å²) >= 11 is 0. The first-order valence-electron chi connectivity index (χ1n) is 10.2. The third kappa shape index (κ3) is 13.0. The molecule has 0 spiro atoms. The zero-order valence-electron chi connectivity index (χ0n) is 18.8. The molecule has 0 rings (SSSR count). The van der Waals surface area contributed by atoms with Gasteiger partial charge < -0.3 is 43.8 Å². The van der Waals surface area contributed by atoms with Crippen LogP contribution in [0.1, 0.15) is 25.7 Å². The van der Waals surface area contributed by atoms with Crippen LogP contribution in [-0.4, -0.2) is 118 Å². The van der Waals surface area contributed by atoms with Crippen LogP contribution in [0.25, 0.3) is 0 Å². The number of nitrogens with zero attached hydrogens (tertiary/aromatic N) is 1. The molecule has 13 nitrogen and oxygen atoms in total. The minimum Gasteiger partial charge on any atom is -0.480 e. The molecule has 0 aromatic rings. The van der Waals surface area contributed by atoms with E-state index in [-0.39, 0.29) is 19.6 Å². The summed E-state index contributed by atoms with van der Waals surface area (Å²) in [4.78, 5) is 34.1. The molecule has 2 unspecified atom stereocenters. The predicted molar refractivity (Wildman–Crippen MR) is 113 cm³/mol. The Labute approximate surface area is 188 Å². The van der Waals surface area contributed by atoms with Crippen LogP contribution in [0.5, 0.6) is 0 Å². The van der Waals surface area contributed by atoms with Gasteiger partial charge in [-0.25, -0.2) is 0 Å². The molecule has 0 amide bonds. The van der Waals surface area contributed by atoms with E-state index in [2.05, 4.69) is 5.32 Å². The summed E-state index contributed by atoms with van der Waals surface area (Å²) in [7, 11) is 1.90. The molecule has 0 aliphatic carbocycles. The summed E-state index contributed by atoms with van der Waals surface area (Å²) in [5.74, 6) is -3.87. The molecule has 2 atom stereocenters. The van der Waals surface area contributed by atoms with Crippen molar-refractivity contribution in [3.05, 3.63) is 0 Å². The van der Waals surface area contributed by atoms with Gasteiger partial charge in [0.1, 0.15) is 6.04 Å². The first-order valence-corrected chi connectivity index (χ1v) is 12.1. The highest BCUT2D eigenvalue weighted by molar-refractivity contribution is 6.60. The van der Waals surface area contributed by atoms with Gasteiger partial charge in [-0.1, -0.05) is 6.42 Å². The van der Waals surface area contributed by atoms with Gasteiger partial charge in [-0.2, -0.15) is 0 Å². The van der Waals surface area contributed by atoms with E-state index in [1.807, 2.05) is 0 Å². The van der Waals surface area contributed by atoms with Gasteiger partial charge in [0.25, 0.3) is 0 Å². The lowest BCUT2D eigenvalue weighted by atomic mass is 10.1. The number of rotatable bonds is 21. The number of carboxylic acids is 3. The number of ether oxygens (including phenoxy) is 1. The van der Waals surface area contributed by atoms with Gasteiger partial charge in [0.2, 0.25) is 0 Å². The second-order valence-electron chi connectivity index (χ2n) is 6.97. The first kappa shape index (κ1) is 30.3. The number of aliphatic hydroxyl groups excluding tert-OH is 1. The van der Waals surface area contributed by atoms with Gasteiger partial charge in [0.05, 0.1) is 13.1 Å². The highest BCUT2D eigenvalue weighted by Crippen LogP contribution is 2.15. The van der Waals surface area contributed by atoms with E-state index in [0.29, 0.717) is 31.9 Å². The van der Waals surface area contributed by atoms with E-state index in [1.165, 1.54) is 21.3 Å². The van der Waals surface area contributed by atoms with Crippen LogP contribution >= 0.6 is 0 Å². The van der Waals surface area contributed by atoms with Crippen LogP contribution < -0.4 is 5.32 Å². The summed E-state index contributed by atoms with van der Waals surface area (Å²) in [6.07, 6.45) is 0.633. The molecule has 0 aromatic carbocycles. The van der Waals surface area contributed by atoms with E-state index in [0.717, 1.165) is 4.90 Å². The largest absolute Gasteiger partial charge is 0.500 e. The molecule has 0 fully saturated rings. The number of unbranched alkanes of at least 4 members (excludes halogenated alkanes) is 1. The molecule has 0 bridgehead atoms. The molecule has 0 radical (unpaired) electrons. The standard InChI is InChI=1S/C18H36N2O11Si/c1-28-32(29-2,30-3)10-6-9-31-17(25)11-19-8-5-4-7-14(18(26)27)20(12-15(21)22)13-16(23)24/h14,17,19,25H,4-13H2,1-3H3,(H,21,22)(H,23,24)(H,26,27). The zero-order chi connectivity index (χ0) is 24.6.